The van der Waals surface area contributed by atoms with Crippen LogP contribution in [0.1, 0.15) is 24.3 Å². The molecule has 0 bridgehead atoms. The summed E-state index contributed by atoms with van der Waals surface area (Å²) in [6.45, 7) is 1.96. The number of hydrogen-bond acceptors (Lipinski definition) is 4. The van der Waals surface area contributed by atoms with E-state index in [1.54, 1.807) is 18.2 Å². The molecule has 2 aromatic heterocycles. The number of phenolic OH excluding ortho intramolecular Hbond substituents is 1. The van der Waals surface area contributed by atoms with Crippen molar-refractivity contribution in [1.29, 1.82) is 0 Å². The second kappa shape index (κ2) is 6.09. The van der Waals surface area contributed by atoms with Crippen LogP contribution in [0.3, 0.4) is 0 Å². The fourth-order valence-electron chi connectivity index (χ4n) is 3.45. The fraction of sp³-hybridized carbons (Fsp3) is 0.263. The van der Waals surface area contributed by atoms with Crippen molar-refractivity contribution in [1.82, 2.24) is 15.3 Å². The summed E-state index contributed by atoms with van der Waals surface area (Å²) in [5, 5.41) is 14.6. The van der Waals surface area contributed by atoms with Gasteiger partial charge in [-0.3, -0.25) is 4.79 Å². The minimum Gasteiger partial charge on any atom is -0.507 e. The lowest BCUT2D eigenvalue weighted by molar-refractivity contribution is 0.463. The number of rotatable bonds is 2. The Labute approximate surface area is 139 Å². The number of piperidine rings is 1. The highest BCUT2D eigenvalue weighted by Gasteiger charge is 2.20. The van der Waals surface area contributed by atoms with E-state index in [1.165, 1.54) is 5.56 Å². The number of nitrogens with one attached hydrogen (secondary N) is 2. The Morgan fingerprint density at radius 1 is 1.17 bits per heavy atom. The Morgan fingerprint density at radius 2 is 2.04 bits per heavy atom. The molecule has 0 spiro atoms. The van der Waals surface area contributed by atoms with E-state index in [9.17, 15) is 9.90 Å². The van der Waals surface area contributed by atoms with E-state index in [0.29, 0.717) is 22.8 Å². The van der Waals surface area contributed by atoms with Crippen molar-refractivity contribution in [2.45, 2.75) is 18.8 Å². The Balaban J connectivity index is 1.95. The van der Waals surface area contributed by atoms with Crippen LogP contribution in [-0.2, 0) is 0 Å². The molecule has 1 aliphatic heterocycles. The summed E-state index contributed by atoms with van der Waals surface area (Å²) in [6, 6.07) is 12.6. The van der Waals surface area contributed by atoms with Crippen LogP contribution in [-0.4, -0.2) is 28.2 Å². The smallest absolute Gasteiger partial charge is 0.249 e. The van der Waals surface area contributed by atoms with Crippen molar-refractivity contribution in [3.8, 4) is 17.0 Å². The molecule has 24 heavy (non-hydrogen) atoms. The number of nitrogens with zero attached hydrogens (tertiary/aromatic N) is 1. The van der Waals surface area contributed by atoms with E-state index in [1.807, 2.05) is 24.3 Å². The van der Waals surface area contributed by atoms with E-state index >= 15 is 0 Å². The molecular formula is C19H19N3O2. The molecule has 1 unspecified atom stereocenters. The number of aromatic hydroxyl groups is 1. The van der Waals surface area contributed by atoms with Crippen molar-refractivity contribution in [2.24, 2.45) is 0 Å². The lowest BCUT2D eigenvalue weighted by Crippen LogP contribution is -2.28. The molecule has 1 fully saturated rings. The van der Waals surface area contributed by atoms with Gasteiger partial charge in [0, 0.05) is 23.6 Å². The number of aromatic nitrogens is 2. The van der Waals surface area contributed by atoms with E-state index in [0.717, 1.165) is 31.3 Å². The monoisotopic (exact) mass is 321 g/mol. The zero-order valence-corrected chi connectivity index (χ0v) is 13.2. The van der Waals surface area contributed by atoms with Crippen molar-refractivity contribution in [3.63, 3.8) is 0 Å². The standard InChI is InChI=1S/C19H19N3O2/c23-17-6-2-1-5-14(17)16-10-15(12-4-3-9-20-11-12)13-7-8-18(24)22-19(13)21-16/h1-2,5-8,10,12,20,23H,3-4,9,11H2,(H,21,22,24). The molecule has 1 aromatic carbocycles. The van der Waals surface area contributed by atoms with Crippen LogP contribution in [0.4, 0.5) is 0 Å². The summed E-state index contributed by atoms with van der Waals surface area (Å²) in [7, 11) is 0. The first-order valence-corrected chi connectivity index (χ1v) is 8.25. The van der Waals surface area contributed by atoms with Crippen LogP contribution in [0.15, 0.2) is 47.3 Å². The van der Waals surface area contributed by atoms with Crippen molar-refractivity contribution in [3.05, 3.63) is 58.4 Å². The Hall–Kier alpha value is -2.66. The molecule has 4 rings (SSSR count). The second-order valence-electron chi connectivity index (χ2n) is 6.24. The molecule has 5 heteroatoms. The predicted molar refractivity (Wildman–Crippen MR) is 94.3 cm³/mol. The average Bonchev–Trinajstić information content (AvgIpc) is 2.61. The topological polar surface area (TPSA) is 78.0 Å². The van der Waals surface area contributed by atoms with Gasteiger partial charge in [0.1, 0.15) is 11.4 Å². The Bertz CT molecular complexity index is 943. The van der Waals surface area contributed by atoms with Gasteiger partial charge in [-0.2, -0.15) is 0 Å². The largest absolute Gasteiger partial charge is 0.507 e. The van der Waals surface area contributed by atoms with Gasteiger partial charge in [0.15, 0.2) is 0 Å². The summed E-state index contributed by atoms with van der Waals surface area (Å²) >= 11 is 0. The first kappa shape index (κ1) is 14.9. The first-order valence-electron chi connectivity index (χ1n) is 8.25. The van der Waals surface area contributed by atoms with Crippen LogP contribution < -0.4 is 10.9 Å². The number of fused-ring (bicyclic) bond motifs is 1. The van der Waals surface area contributed by atoms with Gasteiger partial charge in [-0.1, -0.05) is 12.1 Å². The third-order valence-corrected chi connectivity index (χ3v) is 4.65. The molecule has 0 aliphatic carbocycles. The van der Waals surface area contributed by atoms with E-state index < -0.39 is 0 Å². The fourth-order valence-corrected chi connectivity index (χ4v) is 3.45. The number of phenols is 1. The lowest BCUT2D eigenvalue weighted by Gasteiger charge is -2.24. The zero-order chi connectivity index (χ0) is 16.5. The van der Waals surface area contributed by atoms with Crippen molar-refractivity contribution >= 4 is 11.0 Å². The maximum absolute atomic E-state index is 11.7. The molecule has 3 heterocycles. The summed E-state index contributed by atoms with van der Waals surface area (Å²) in [6.07, 6.45) is 2.23. The van der Waals surface area contributed by atoms with Gasteiger partial charge in [0.05, 0.1) is 5.69 Å². The molecule has 0 saturated carbocycles. The van der Waals surface area contributed by atoms with Gasteiger partial charge >= 0.3 is 0 Å². The molecule has 3 aromatic rings. The minimum atomic E-state index is -0.169. The van der Waals surface area contributed by atoms with E-state index in [4.69, 9.17) is 0 Å². The van der Waals surface area contributed by atoms with Crippen molar-refractivity contribution < 1.29 is 5.11 Å². The van der Waals surface area contributed by atoms with E-state index in [-0.39, 0.29) is 11.3 Å². The predicted octanol–water partition coefficient (Wildman–Crippen LogP) is 2.76. The van der Waals surface area contributed by atoms with Crippen LogP contribution >= 0.6 is 0 Å². The Kier molecular flexibility index (Phi) is 3.78. The minimum absolute atomic E-state index is 0.169. The molecule has 0 radical (unpaired) electrons. The molecular weight excluding hydrogens is 302 g/mol. The van der Waals surface area contributed by atoms with E-state index in [2.05, 4.69) is 15.3 Å². The van der Waals surface area contributed by atoms with Crippen LogP contribution in [0.2, 0.25) is 0 Å². The highest BCUT2D eigenvalue weighted by molar-refractivity contribution is 5.83. The highest BCUT2D eigenvalue weighted by atomic mass is 16.3. The zero-order valence-electron chi connectivity index (χ0n) is 13.2. The number of hydrogen-bond donors (Lipinski definition) is 3. The van der Waals surface area contributed by atoms with Crippen LogP contribution in [0.5, 0.6) is 5.75 Å². The van der Waals surface area contributed by atoms with Gasteiger partial charge in [0.25, 0.3) is 0 Å². The van der Waals surface area contributed by atoms with Gasteiger partial charge in [-0.05, 0) is 55.1 Å². The SMILES string of the molecule is O=c1ccc2c(C3CCCNC3)cc(-c3ccccc3O)nc2[nH]1. The van der Waals surface area contributed by atoms with Crippen molar-refractivity contribution in [2.75, 3.05) is 13.1 Å². The maximum Gasteiger partial charge on any atom is 0.249 e. The molecule has 1 saturated heterocycles. The number of H-pyrrole nitrogens is 1. The third-order valence-electron chi connectivity index (χ3n) is 4.65. The van der Waals surface area contributed by atoms with Crippen LogP contribution in [0, 0.1) is 0 Å². The molecule has 122 valence electrons. The van der Waals surface area contributed by atoms with Gasteiger partial charge in [-0.25, -0.2) is 4.98 Å². The number of benzene rings is 1. The number of pyridine rings is 2. The average molecular weight is 321 g/mol. The summed E-state index contributed by atoms with van der Waals surface area (Å²) in [5.41, 5.74) is 2.93. The van der Waals surface area contributed by atoms with Gasteiger partial charge in [-0.15, -0.1) is 0 Å². The molecule has 0 amide bonds. The second-order valence-corrected chi connectivity index (χ2v) is 6.24. The summed E-state index contributed by atoms with van der Waals surface area (Å²) < 4.78 is 0. The quantitative estimate of drug-likeness (QED) is 0.678. The van der Waals surface area contributed by atoms with Gasteiger partial charge < -0.3 is 15.4 Å². The Morgan fingerprint density at radius 3 is 2.83 bits per heavy atom. The summed E-state index contributed by atoms with van der Waals surface area (Å²) in [5.74, 6) is 0.565. The molecule has 5 nitrogen and oxygen atoms in total. The molecule has 1 atom stereocenters. The normalized spacial score (nSPS) is 17.9. The molecule has 3 N–H and O–H groups in total. The number of para-hydroxylation sites is 1. The number of aromatic amines is 1. The third kappa shape index (κ3) is 2.67. The van der Waals surface area contributed by atoms with Crippen LogP contribution in [0.25, 0.3) is 22.3 Å². The van der Waals surface area contributed by atoms with Gasteiger partial charge in [0.2, 0.25) is 5.56 Å². The lowest BCUT2D eigenvalue weighted by atomic mass is 9.89. The molecule has 1 aliphatic rings. The first-order chi connectivity index (χ1) is 11.7. The summed E-state index contributed by atoms with van der Waals surface area (Å²) in [4.78, 5) is 19.1. The highest BCUT2D eigenvalue weighted by Crippen LogP contribution is 2.34. The maximum atomic E-state index is 11.7.